The standard InChI is InChI=1S/C18H16Cl2N2O/c19-16-3-1-2-14(18(16)20)4-7-17(23)22(15-5-6-15)12-13-8-10-21-11-9-13/h1-4,7-11,15H,5-6,12H2/b7-4+. The fourth-order valence-corrected chi connectivity index (χ4v) is 2.73. The van der Waals surface area contributed by atoms with E-state index in [0.29, 0.717) is 22.6 Å². The average Bonchev–Trinajstić information content (AvgIpc) is 3.39. The fourth-order valence-electron chi connectivity index (χ4n) is 2.36. The van der Waals surface area contributed by atoms with Gasteiger partial charge in [0.25, 0.3) is 0 Å². The normalized spacial score (nSPS) is 14.2. The molecule has 1 heterocycles. The number of hydrogen-bond acceptors (Lipinski definition) is 2. The lowest BCUT2D eigenvalue weighted by Gasteiger charge is -2.20. The molecule has 0 bridgehead atoms. The zero-order chi connectivity index (χ0) is 16.2. The number of amides is 1. The topological polar surface area (TPSA) is 33.2 Å². The number of carbonyl (C=O) groups is 1. The van der Waals surface area contributed by atoms with E-state index >= 15 is 0 Å². The van der Waals surface area contributed by atoms with Crippen LogP contribution in [0.25, 0.3) is 6.08 Å². The van der Waals surface area contributed by atoms with E-state index in [4.69, 9.17) is 23.2 Å². The van der Waals surface area contributed by atoms with Crippen LogP contribution in [0.5, 0.6) is 0 Å². The molecule has 0 radical (unpaired) electrons. The van der Waals surface area contributed by atoms with E-state index in [1.54, 1.807) is 30.6 Å². The van der Waals surface area contributed by atoms with Gasteiger partial charge in [0.15, 0.2) is 0 Å². The highest BCUT2D eigenvalue weighted by Crippen LogP contribution is 2.29. The Labute approximate surface area is 145 Å². The molecule has 3 rings (SSSR count). The van der Waals surface area contributed by atoms with Crippen molar-refractivity contribution in [3.8, 4) is 0 Å². The highest BCUT2D eigenvalue weighted by atomic mass is 35.5. The molecular formula is C18H16Cl2N2O. The maximum absolute atomic E-state index is 12.5. The largest absolute Gasteiger partial charge is 0.332 e. The number of hydrogen-bond donors (Lipinski definition) is 0. The van der Waals surface area contributed by atoms with Crippen molar-refractivity contribution in [1.29, 1.82) is 0 Å². The Kier molecular flexibility index (Phi) is 4.99. The Morgan fingerprint density at radius 3 is 2.65 bits per heavy atom. The molecular weight excluding hydrogens is 331 g/mol. The summed E-state index contributed by atoms with van der Waals surface area (Å²) in [6.07, 6.45) is 8.89. The first-order chi connectivity index (χ1) is 11.1. The van der Waals surface area contributed by atoms with Crippen molar-refractivity contribution < 1.29 is 4.79 Å². The summed E-state index contributed by atoms with van der Waals surface area (Å²) in [5.74, 6) is -0.0136. The lowest BCUT2D eigenvalue weighted by molar-refractivity contribution is -0.127. The van der Waals surface area contributed by atoms with Crippen molar-refractivity contribution in [2.24, 2.45) is 0 Å². The van der Waals surface area contributed by atoms with Crippen LogP contribution >= 0.6 is 23.2 Å². The maximum atomic E-state index is 12.5. The first-order valence-corrected chi connectivity index (χ1v) is 8.22. The quantitative estimate of drug-likeness (QED) is 0.741. The number of halogens is 2. The van der Waals surface area contributed by atoms with Gasteiger partial charge in [-0.25, -0.2) is 0 Å². The molecule has 118 valence electrons. The molecule has 1 aliphatic rings. The zero-order valence-electron chi connectivity index (χ0n) is 12.5. The van der Waals surface area contributed by atoms with Crippen LogP contribution in [-0.2, 0) is 11.3 Å². The molecule has 1 aromatic carbocycles. The van der Waals surface area contributed by atoms with Crippen LogP contribution < -0.4 is 0 Å². The molecule has 3 nitrogen and oxygen atoms in total. The van der Waals surface area contributed by atoms with E-state index in [1.807, 2.05) is 29.2 Å². The first-order valence-electron chi connectivity index (χ1n) is 7.47. The molecule has 0 N–H and O–H groups in total. The Morgan fingerprint density at radius 1 is 1.22 bits per heavy atom. The van der Waals surface area contributed by atoms with E-state index in [2.05, 4.69) is 4.98 Å². The zero-order valence-corrected chi connectivity index (χ0v) is 14.0. The predicted molar refractivity (Wildman–Crippen MR) is 93.3 cm³/mol. The monoisotopic (exact) mass is 346 g/mol. The summed E-state index contributed by atoms with van der Waals surface area (Å²) < 4.78 is 0. The van der Waals surface area contributed by atoms with Gasteiger partial charge < -0.3 is 4.90 Å². The number of aromatic nitrogens is 1. The highest BCUT2D eigenvalue weighted by Gasteiger charge is 2.31. The molecule has 0 saturated heterocycles. The second-order valence-corrected chi connectivity index (χ2v) is 6.31. The van der Waals surface area contributed by atoms with Gasteiger partial charge in [-0.15, -0.1) is 0 Å². The highest BCUT2D eigenvalue weighted by molar-refractivity contribution is 6.42. The van der Waals surface area contributed by atoms with Crippen molar-refractivity contribution >= 4 is 35.2 Å². The van der Waals surface area contributed by atoms with Gasteiger partial charge in [0, 0.05) is 31.1 Å². The van der Waals surface area contributed by atoms with Crippen molar-refractivity contribution in [2.45, 2.75) is 25.4 Å². The molecule has 0 aliphatic heterocycles. The molecule has 23 heavy (non-hydrogen) atoms. The minimum absolute atomic E-state index is 0.0136. The second kappa shape index (κ2) is 7.16. The van der Waals surface area contributed by atoms with Crippen LogP contribution in [0.2, 0.25) is 10.0 Å². The number of pyridine rings is 1. The lowest BCUT2D eigenvalue weighted by Crippen LogP contribution is -2.31. The van der Waals surface area contributed by atoms with Crippen LogP contribution in [0.15, 0.2) is 48.8 Å². The number of rotatable bonds is 5. The summed E-state index contributed by atoms with van der Waals surface area (Å²) in [6.45, 7) is 0.597. The van der Waals surface area contributed by atoms with E-state index in [-0.39, 0.29) is 5.91 Å². The summed E-state index contributed by atoms with van der Waals surface area (Å²) in [5.41, 5.74) is 1.82. The second-order valence-electron chi connectivity index (χ2n) is 5.53. The van der Waals surface area contributed by atoms with E-state index < -0.39 is 0 Å². The van der Waals surface area contributed by atoms with Gasteiger partial charge in [0.2, 0.25) is 5.91 Å². The van der Waals surface area contributed by atoms with Gasteiger partial charge in [-0.1, -0.05) is 35.3 Å². The molecule has 1 aromatic heterocycles. The molecule has 1 fully saturated rings. The van der Waals surface area contributed by atoms with Crippen LogP contribution in [0.3, 0.4) is 0 Å². The number of nitrogens with zero attached hydrogens (tertiary/aromatic N) is 2. The van der Waals surface area contributed by atoms with Crippen molar-refractivity contribution in [1.82, 2.24) is 9.88 Å². The smallest absolute Gasteiger partial charge is 0.247 e. The van der Waals surface area contributed by atoms with Gasteiger partial charge in [0.05, 0.1) is 10.0 Å². The van der Waals surface area contributed by atoms with Gasteiger partial charge in [-0.05, 0) is 48.2 Å². The van der Waals surface area contributed by atoms with E-state index in [1.165, 1.54) is 0 Å². The van der Waals surface area contributed by atoms with Crippen LogP contribution in [0, 0.1) is 0 Å². The SMILES string of the molecule is O=C(/C=C/c1cccc(Cl)c1Cl)N(Cc1ccncc1)C1CC1. The van der Waals surface area contributed by atoms with Crippen LogP contribution in [-0.4, -0.2) is 21.8 Å². The fraction of sp³-hybridized carbons (Fsp3) is 0.222. The summed E-state index contributed by atoms with van der Waals surface area (Å²) in [5, 5.41) is 0.947. The minimum atomic E-state index is -0.0136. The Bertz CT molecular complexity index is 727. The third kappa shape index (κ3) is 4.12. The van der Waals surface area contributed by atoms with E-state index in [9.17, 15) is 4.79 Å². The van der Waals surface area contributed by atoms with E-state index in [0.717, 1.165) is 24.0 Å². The van der Waals surface area contributed by atoms with Crippen molar-refractivity contribution in [3.63, 3.8) is 0 Å². The van der Waals surface area contributed by atoms with Gasteiger partial charge in [-0.2, -0.15) is 0 Å². The molecule has 5 heteroatoms. The molecule has 2 aromatic rings. The molecule has 0 unspecified atom stereocenters. The predicted octanol–water partition coefficient (Wildman–Crippen LogP) is 4.59. The molecule has 0 atom stereocenters. The van der Waals surface area contributed by atoms with Crippen LogP contribution in [0.1, 0.15) is 24.0 Å². The van der Waals surface area contributed by atoms with Gasteiger partial charge in [-0.3, -0.25) is 9.78 Å². The summed E-state index contributed by atoms with van der Waals surface area (Å²) in [4.78, 5) is 18.4. The number of benzene rings is 1. The Morgan fingerprint density at radius 2 is 1.96 bits per heavy atom. The van der Waals surface area contributed by atoms with Crippen LogP contribution in [0.4, 0.5) is 0 Å². The van der Waals surface area contributed by atoms with Gasteiger partial charge in [0.1, 0.15) is 0 Å². The average molecular weight is 347 g/mol. The lowest BCUT2D eigenvalue weighted by atomic mass is 10.2. The maximum Gasteiger partial charge on any atom is 0.247 e. The van der Waals surface area contributed by atoms with Crippen molar-refractivity contribution in [2.75, 3.05) is 0 Å². The first kappa shape index (κ1) is 16.0. The summed E-state index contributed by atoms with van der Waals surface area (Å²) in [6, 6.07) is 9.56. The summed E-state index contributed by atoms with van der Waals surface area (Å²) >= 11 is 12.1. The molecule has 1 saturated carbocycles. The Hall–Kier alpha value is -1.84. The minimum Gasteiger partial charge on any atom is -0.332 e. The molecule has 1 aliphatic carbocycles. The van der Waals surface area contributed by atoms with Crippen molar-refractivity contribution in [3.05, 3.63) is 70.0 Å². The summed E-state index contributed by atoms with van der Waals surface area (Å²) in [7, 11) is 0. The molecule has 1 amide bonds. The Balaban J connectivity index is 1.74. The third-order valence-corrected chi connectivity index (χ3v) is 4.59. The van der Waals surface area contributed by atoms with Gasteiger partial charge >= 0.3 is 0 Å². The third-order valence-electron chi connectivity index (χ3n) is 3.76. The number of carbonyl (C=O) groups excluding carboxylic acids is 1. The molecule has 0 spiro atoms.